The van der Waals surface area contributed by atoms with Crippen molar-refractivity contribution in [2.45, 2.75) is 6.92 Å². The Balaban J connectivity index is 1.89. The van der Waals surface area contributed by atoms with E-state index in [0.29, 0.717) is 29.4 Å². The van der Waals surface area contributed by atoms with Gasteiger partial charge in [0.15, 0.2) is 24.7 Å². The Hall–Kier alpha value is -3.53. The SMILES string of the molecule is CCOc1cc(/C=N/NC(=O)COc2ccccc2)ccc1OCC#N. The number of para-hydroxylation sites is 1. The minimum absolute atomic E-state index is 0.0645. The lowest BCUT2D eigenvalue weighted by Crippen LogP contribution is -2.24. The monoisotopic (exact) mass is 353 g/mol. The summed E-state index contributed by atoms with van der Waals surface area (Å²) in [5.74, 6) is 1.22. The van der Waals surface area contributed by atoms with Crippen molar-refractivity contribution in [2.75, 3.05) is 19.8 Å². The zero-order valence-electron chi connectivity index (χ0n) is 14.3. The molecule has 0 aromatic heterocycles. The summed E-state index contributed by atoms with van der Waals surface area (Å²) in [4.78, 5) is 11.7. The molecule has 0 bridgehead atoms. The maximum atomic E-state index is 11.7. The fourth-order valence-electron chi connectivity index (χ4n) is 1.98. The van der Waals surface area contributed by atoms with E-state index in [1.807, 2.05) is 31.2 Å². The molecule has 7 nitrogen and oxygen atoms in total. The Bertz CT molecular complexity index is 785. The van der Waals surface area contributed by atoms with Crippen LogP contribution in [0.15, 0.2) is 53.6 Å². The second kappa shape index (κ2) is 10.4. The lowest BCUT2D eigenvalue weighted by atomic mass is 10.2. The average Bonchev–Trinajstić information content (AvgIpc) is 2.67. The molecule has 0 unspecified atom stereocenters. The Morgan fingerprint density at radius 1 is 1.15 bits per heavy atom. The van der Waals surface area contributed by atoms with E-state index in [9.17, 15) is 4.79 Å². The molecule has 2 aromatic rings. The lowest BCUT2D eigenvalue weighted by molar-refractivity contribution is -0.123. The van der Waals surface area contributed by atoms with Gasteiger partial charge in [0.1, 0.15) is 11.8 Å². The summed E-state index contributed by atoms with van der Waals surface area (Å²) in [6.07, 6.45) is 1.48. The molecule has 26 heavy (non-hydrogen) atoms. The van der Waals surface area contributed by atoms with Crippen molar-refractivity contribution in [3.05, 3.63) is 54.1 Å². The summed E-state index contributed by atoms with van der Waals surface area (Å²) in [5, 5.41) is 12.5. The fraction of sp³-hybridized carbons (Fsp3) is 0.211. The molecule has 0 saturated carbocycles. The predicted molar refractivity (Wildman–Crippen MR) is 96.4 cm³/mol. The molecule has 0 spiro atoms. The fourth-order valence-corrected chi connectivity index (χ4v) is 1.98. The Morgan fingerprint density at radius 2 is 1.96 bits per heavy atom. The Labute approximate surface area is 151 Å². The Kier molecular flexibility index (Phi) is 7.49. The van der Waals surface area contributed by atoms with Crippen molar-refractivity contribution in [1.82, 2.24) is 5.43 Å². The van der Waals surface area contributed by atoms with Crippen LogP contribution in [-0.2, 0) is 4.79 Å². The molecule has 0 radical (unpaired) electrons. The third kappa shape index (κ3) is 6.17. The topological polar surface area (TPSA) is 92.9 Å². The molecule has 0 aliphatic rings. The van der Waals surface area contributed by atoms with Crippen LogP contribution in [0, 0.1) is 11.3 Å². The second-order valence-electron chi connectivity index (χ2n) is 4.98. The smallest absolute Gasteiger partial charge is 0.277 e. The number of carbonyl (C=O) groups is 1. The largest absolute Gasteiger partial charge is 0.490 e. The molecule has 0 heterocycles. The number of carbonyl (C=O) groups excluding carboxylic acids is 1. The van der Waals surface area contributed by atoms with Gasteiger partial charge in [-0.25, -0.2) is 5.43 Å². The molecule has 0 aliphatic heterocycles. The van der Waals surface area contributed by atoms with Gasteiger partial charge in [-0.05, 0) is 42.8 Å². The minimum Gasteiger partial charge on any atom is -0.490 e. The first-order chi connectivity index (χ1) is 12.7. The van der Waals surface area contributed by atoms with Crippen LogP contribution in [-0.4, -0.2) is 31.9 Å². The van der Waals surface area contributed by atoms with Gasteiger partial charge >= 0.3 is 0 Å². The summed E-state index contributed by atoms with van der Waals surface area (Å²) >= 11 is 0. The van der Waals surface area contributed by atoms with Crippen LogP contribution in [0.2, 0.25) is 0 Å². The van der Waals surface area contributed by atoms with Gasteiger partial charge in [-0.2, -0.15) is 10.4 Å². The molecular weight excluding hydrogens is 334 g/mol. The van der Waals surface area contributed by atoms with Gasteiger partial charge in [-0.15, -0.1) is 0 Å². The molecular formula is C19H19N3O4. The average molecular weight is 353 g/mol. The number of ether oxygens (including phenoxy) is 3. The highest BCUT2D eigenvalue weighted by atomic mass is 16.5. The van der Waals surface area contributed by atoms with Crippen LogP contribution >= 0.6 is 0 Å². The van der Waals surface area contributed by atoms with E-state index in [2.05, 4.69) is 10.5 Å². The number of hydrogen-bond acceptors (Lipinski definition) is 6. The van der Waals surface area contributed by atoms with Gasteiger partial charge in [0.2, 0.25) is 0 Å². The van der Waals surface area contributed by atoms with Crippen LogP contribution in [0.4, 0.5) is 0 Å². The molecule has 0 saturated heterocycles. The zero-order valence-corrected chi connectivity index (χ0v) is 14.3. The molecule has 1 amide bonds. The molecule has 7 heteroatoms. The highest BCUT2D eigenvalue weighted by Gasteiger charge is 2.06. The van der Waals surface area contributed by atoms with Crippen LogP contribution < -0.4 is 19.6 Å². The van der Waals surface area contributed by atoms with Gasteiger partial charge in [0.05, 0.1) is 12.8 Å². The van der Waals surface area contributed by atoms with Gasteiger partial charge < -0.3 is 14.2 Å². The summed E-state index contributed by atoms with van der Waals surface area (Å²) < 4.78 is 16.1. The number of amides is 1. The van der Waals surface area contributed by atoms with E-state index in [0.717, 1.165) is 0 Å². The number of nitrogens with zero attached hydrogens (tertiary/aromatic N) is 2. The highest BCUT2D eigenvalue weighted by Crippen LogP contribution is 2.27. The van der Waals surface area contributed by atoms with E-state index >= 15 is 0 Å². The van der Waals surface area contributed by atoms with Crippen LogP contribution in [0.25, 0.3) is 0 Å². The van der Waals surface area contributed by atoms with Crippen molar-refractivity contribution < 1.29 is 19.0 Å². The number of rotatable bonds is 9. The Morgan fingerprint density at radius 3 is 2.69 bits per heavy atom. The van der Waals surface area contributed by atoms with Gasteiger partial charge in [0, 0.05) is 0 Å². The van der Waals surface area contributed by atoms with Crippen LogP contribution in [0.5, 0.6) is 17.2 Å². The first-order valence-corrected chi connectivity index (χ1v) is 7.99. The second-order valence-corrected chi connectivity index (χ2v) is 4.98. The molecule has 0 atom stereocenters. The van der Waals surface area contributed by atoms with E-state index in [1.54, 1.807) is 30.3 Å². The number of hydrazone groups is 1. The highest BCUT2D eigenvalue weighted by molar-refractivity contribution is 5.83. The molecule has 134 valence electrons. The summed E-state index contributed by atoms with van der Waals surface area (Å²) in [6.45, 7) is 2.11. The molecule has 2 aromatic carbocycles. The van der Waals surface area contributed by atoms with Crippen molar-refractivity contribution in [2.24, 2.45) is 5.10 Å². The van der Waals surface area contributed by atoms with Crippen molar-refractivity contribution in [3.8, 4) is 23.3 Å². The quantitative estimate of drug-likeness (QED) is 0.552. The normalized spacial score (nSPS) is 10.2. The molecule has 2 rings (SSSR count). The maximum absolute atomic E-state index is 11.7. The number of nitriles is 1. The van der Waals surface area contributed by atoms with Crippen molar-refractivity contribution >= 4 is 12.1 Å². The van der Waals surface area contributed by atoms with Crippen molar-refractivity contribution in [3.63, 3.8) is 0 Å². The van der Waals surface area contributed by atoms with Crippen molar-refractivity contribution in [1.29, 1.82) is 5.26 Å². The number of nitrogens with one attached hydrogen (secondary N) is 1. The van der Waals surface area contributed by atoms with Gasteiger partial charge in [-0.1, -0.05) is 18.2 Å². The van der Waals surface area contributed by atoms with Gasteiger partial charge in [0.25, 0.3) is 5.91 Å². The number of benzene rings is 2. The molecule has 1 N–H and O–H groups in total. The predicted octanol–water partition coefficient (Wildman–Crippen LogP) is 2.52. The first-order valence-electron chi connectivity index (χ1n) is 7.99. The molecule has 0 aliphatic carbocycles. The zero-order chi connectivity index (χ0) is 18.6. The van der Waals surface area contributed by atoms with Gasteiger partial charge in [-0.3, -0.25) is 4.79 Å². The number of hydrogen-bond donors (Lipinski definition) is 1. The summed E-state index contributed by atoms with van der Waals surface area (Å²) in [7, 11) is 0. The standard InChI is InChI=1S/C19H19N3O4/c1-2-24-18-12-15(8-9-17(18)25-11-10-20)13-21-22-19(23)14-26-16-6-4-3-5-7-16/h3-9,12-13H,2,11,14H2,1H3,(H,22,23)/b21-13+. The first kappa shape index (κ1) is 18.8. The van der Waals surface area contributed by atoms with E-state index in [4.69, 9.17) is 19.5 Å². The van der Waals surface area contributed by atoms with E-state index in [1.165, 1.54) is 6.21 Å². The van der Waals surface area contributed by atoms with Crippen LogP contribution in [0.1, 0.15) is 12.5 Å². The lowest BCUT2D eigenvalue weighted by Gasteiger charge is -2.10. The third-order valence-corrected chi connectivity index (χ3v) is 3.08. The summed E-state index contributed by atoms with van der Waals surface area (Å²) in [5.41, 5.74) is 3.10. The van der Waals surface area contributed by atoms with Crippen LogP contribution in [0.3, 0.4) is 0 Å². The molecule has 0 fully saturated rings. The maximum Gasteiger partial charge on any atom is 0.277 e. The van der Waals surface area contributed by atoms with E-state index < -0.39 is 0 Å². The third-order valence-electron chi connectivity index (χ3n) is 3.08. The summed E-state index contributed by atoms with van der Waals surface area (Å²) in [6, 6.07) is 16.1. The van der Waals surface area contributed by atoms with E-state index in [-0.39, 0.29) is 19.1 Å². The minimum atomic E-state index is -0.371.